The van der Waals surface area contributed by atoms with Crippen LogP contribution in [0.2, 0.25) is 0 Å². The zero-order chi connectivity index (χ0) is 11.8. The quantitative estimate of drug-likeness (QED) is 0.811. The van der Waals surface area contributed by atoms with Crippen molar-refractivity contribution in [3.8, 4) is 5.88 Å². The molecule has 1 aromatic heterocycles. The molecule has 0 saturated carbocycles. The average molecular weight is 234 g/mol. The average Bonchev–Trinajstić information content (AvgIpc) is 2.89. The summed E-state index contributed by atoms with van der Waals surface area (Å²) >= 11 is 0. The number of anilines is 1. The SMILES string of the molecule is COc1cc(C)nc(N2CC[C@H]3CNC[C@H]32)n1. The van der Waals surface area contributed by atoms with Crippen LogP contribution in [0.3, 0.4) is 0 Å². The maximum atomic E-state index is 5.21. The molecule has 0 bridgehead atoms. The van der Waals surface area contributed by atoms with E-state index in [1.54, 1.807) is 7.11 Å². The second-order valence-corrected chi connectivity index (χ2v) is 4.82. The van der Waals surface area contributed by atoms with Crippen molar-refractivity contribution in [2.75, 3.05) is 31.6 Å². The molecule has 17 heavy (non-hydrogen) atoms. The minimum atomic E-state index is 0.557. The van der Waals surface area contributed by atoms with E-state index in [1.165, 1.54) is 6.42 Å². The van der Waals surface area contributed by atoms with E-state index in [9.17, 15) is 0 Å². The maximum Gasteiger partial charge on any atom is 0.229 e. The lowest BCUT2D eigenvalue weighted by atomic mass is 10.1. The van der Waals surface area contributed by atoms with Gasteiger partial charge in [-0.1, -0.05) is 0 Å². The Balaban J connectivity index is 1.90. The molecule has 2 atom stereocenters. The molecular formula is C12H18N4O. The van der Waals surface area contributed by atoms with Gasteiger partial charge in [0.15, 0.2) is 0 Å². The van der Waals surface area contributed by atoms with Gasteiger partial charge in [0.05, 0.1) is 7.11 Å². The molecule has 0 radical (unpaired) electrons. The van der Waals surface area contributed by atoms with E-state index in [2.05, 4.69) is 20.2 Å². The van der Waals surface area contributed by atoms with Crippen molar-refractivity contribution in [3.63, 3.8) is 0 Å². The van der Waals surface area contributed by atoms with Crippen LogP contribution in [0.4, 0.5) is 5.95 Å². The molecule has 1 N–H and O–H groups in total. The number of aryl methyl sites for hydroxylation is 1. The summed E-state index contributed by atoms with van der Waals surface area (Å²) < 4.78 is 5.21. The fourth-order valence-corrected chi connectivity index (χ4v) is 2.86. The summed E-state index contributed by atoms with van der Waals surface area (Å²) in [5, 5.41) is 3.44. The van der Waals surface area contributed by atoms with Gasteiger partial charge < -0.3 is 15.0 Å². The highest BCUT2D eigenvalue weighted by atomic mass is 16.5. The fourth-order valence-electron chi connectivity index (χ4n) is 2.86. The highest BCUT2D eigenvalue weighted by molar-refractivity contribution is 5.38. The lowest BCUT2D eigenvalue weighted by Crippen LogP contribution is -2.35. The predicted octanol–water partition coefficient (Wildman–Crippen LogP) is 0.592. The number of methoxy groups -OCH3 is 1. The summed E-state index contributed by atoms with van der Waals surface area (Å²) in [5.74, 6) is 2.23. The molecule has 0 aromatic carbocycles. The van der Waals surface area contributed by atoms with E-state index >= 15 is 0 Å². The van der Waals surface area contributed by atoms with Crippen molar-refractivity contribution in [2.24, 2.45) is 5.92 Å². The second-order valence-electron chi connectivity index (χ2n) is 4.82. The van der Waals surface area contributed by atoms with Gasteiger partial charge in [0, 0.05) is 37.4 Å². The summed E-state index contributed by atoms with van der Waals surface area (Å²) in [7, 11) is 1.65. The summed E-state index contributed by atoms with van der Waals surface area (Å²) in [6.07, 6.45) is 1.23. The van der Waals surface area contributed by atoms with Gasteiger partial charge in [-0.15, -0.1) is 0 Å². The monoisotopic (exact) mass is 234 g/mol. The van der Waals surface area contributed by atoms with Gasteiger partial charge in [0.1, 0.15) is 0 Å². The third kappa shape index (κ3) is 1.84. The smallest absolute Gasteiger partial charge is 0.229 e. The van der Waals surface area contributed by atoms with Gasteiger partial charge in [0.2, 0.25) is 11.8 Å². The minimum Gasteiger partial charge on any atom is -0.481 e. The second kappa shape index (κ2) is 4.14. The number of hydrogen-bond donors (Lipinski definition) is 1. The van der Waals surface area contributed by atoms with Crippen LogP contribution in [0.25, 0.3) is 0 Å². The normalized spacial score (nSPS) is 27.3. The Labute approximate surface area is 101 Å². The van der Waals surface area contributed by atoms with Gasteiger partial charge in [-0.3, -0.25) is 0 Å². The molecule has 1 aromatic rings. The van der Waals surface area contributed by atoms with Crippen LogP contribution in [0.5, 0.6) is 5.88 Å². The molecule has 2 aliphatic heterocycles. The van der Waals surface area contributed by atoms with Crippen LogP contribution < -0.4 is 15.0 Å². The Kier molecular flexibility index (Phi) is 2.63. The summed E-state index contributed by atoms with van der Waals surface area (Å²) in [6.45, 7) is 5.21. The first kappa shape index (κ1) is 10.8. The topological polar surface area (TPSA) is 50.3 Å². The first-order chi connectivity index (χ1) is 8.28. The van der Waals surface area contributed by atoms with Crippen LogP contribution in [-0.2, 0) is 0 Å². The van der Waals surface area contributed by atoms with Gasteiger partial charge in [0.25, 0.3) is 0 Å². The third-order valence-electron chi connectivity index (χ3n) is 3.73. The van der Waals surface area contributed by atoms with E-state index in [-0.39, 0.29) is 0 Å². The van der Waals surface area contributed by atoms with Crippen molar-refractivity contribution in [2.45, 2.75) is 19.4 Å². The largest absolute Gasteiger partial charge is 0.481 e. The minimum absolute atomic E-state index is 0.557. The maximum absolute atomic E-state index is 5.21. The Hall–Kier alpha value is -1.36. The van der Waals surface area contributed by atoms with Gasteiger partial charge in [-0.25, -0.2) is 4.98 Å². The molecular weight excluding hydrogens is 216 g/mol. The zero-order valence-corrected chi connectivity index (χ0v) is 10.3. The van der Waals surface area contributed by atoms with Crippen molar-refractivity contribution in [1.29, 1.82) is 0 Å². The van der Waals surface area contributed by atoms with Crippen molar-refractivity contribution in [3.05, 3.63) is 11.8 Å². The number of nitrogens with zero attached hydrogens (tertiary/aromatic N) is 3. The summed E-state index contributed by atoms with van der Waals surface area (Å²) in [4.78, 5) is 11.3. The molecule has 0 unspecified atom stereocenters. The lowest BCUT2D eigenvalue weighted by Gasteiger charge is -2.23. The van der Waals surface area contributed by atoms with Crippen LogP contribution in [0.15, 0.2) is 6.07 Å². The third-order valence-corrected chi connectivity index (χ3v) is 3.73. The Morgan fingerprint density at radius 1 is 1.41 bits per heavy atom. The highest BCUT2D eigenvalue weighted by Crippen LogP contribution is 2.30. The zero-order valence-electron chi connectivity index (χ0n) is 10.3. The Morgan fingerprint density at radius 2 is 2.29 bits per heavy atom. The predicted molar refractivity (Wildman–Crippen MR) is 65.4 cm³/mol. The molecule has 5 nitrogen and oxygen atoms in total. The number of fused-ring (bicyclic) bond motifs is 1. The van der Waals surface area contributed by atoms with E-state index in [0.717, 1.165) is 37.2 Å². The number of rotatable bonds is 2. The molecule has 0 amide bonds. The number of ether oxygens (including phenoxy) is 1. The van der Waals surface area contributed by atoms with Crippen LogP contribution >= 0.6 is 0 Å². The number of hydrogen-bond acceptors (Lipinski definition) is 5. The standard InChI is InChI=1S/C12H18N4O/c1-8-5-11(17-2)15-12(14-8)16-4-3-9-6-13-7-10(9)16/h5,9-10,13H,3-4,6-7H2,1-2H3/t9-,10+/m0/s1. The Bertz CT molecular complexity index is 423. The van der Waals surface area contributed by atoms with E-state index in [0.29, 0.717) is 11.9 Å². The molecule has 92 valence electrons. The van der Waals surface area contributed by atoms with Gasteiger partial charge in [-0.05, 0) is 19.3 Å². The molecule has 2 fully saturated rings. The first-order valence-corrected chi connectivity index (χ1v) is 6.15. The first-order valence-electron chi connectivity index (χ1n) is 6.15. The molecule has 2 aliphatic rings. The van der Waals surface area contributed by atoms with Crippen LogP contribution in [0, 0.1) is 12.8 Å². The van der Waals surface area contributed by atoms with E-state index < -0.39 is 0 Å². The molecule has 3 rings (SSSR count). The molecule has 2 saturated heterocycles. The molecule has 0 aliphatic carbocycles. The van der Waals surface area contributed by atoms with E-state index in [4.69, 9.17) is 4.74 Å². The number of nitrogens with one attached hydrogen (secondary N) is 1. The van der Waals surface area contributed by atoms with Crippen LogP contribution in [0.1, 0.15) is 12.1 Å². The number of aromatic nitrogens is 2. The van der Waals surface area contributed by atoms with Crippen molar-refractivity contribution >= 4 is 5.95 Å². The molecule has 5 heteroatoms. The summed E-state index contributed by atoms with van der Waals surface area (Å²) in [6, 6.07) is 2.42. The highest BCUT2D eigenvalue weighted by Gasteiger charge is 2.38. The van der Waals surface area contributed by atoms with Crippen LogP contribution in [-0.4, -0.2) is 42.8 Å². The van der Waals surface area contributed by atoms with E-state index in [1.807, 2.05) is 13.0 Å². The fraction of sp³-hybridized carbons (Fsp3) is 0.667. The molecule has 3 heterocycles. The lowest BCUT2D eigenvalue weighted by molar-refractivity contribution is 0.396. The summed E-state index contributed by atoms with van der Waals surface area (Å²) in [5.41, 5.74) is 0.959. The van der Waals surface area contributed by atoms with Gasteiger partial charge >= 0.3 is 0 Å². The van der Waals surface area contributed by atoms with Crippen molar-refractivity contribution < 1.29 is 4.74 Å². The molecule has 0 spiro atoms. The van der Waals surface area contributed by atoms with Crippen molar-refractivity contribution in [1.82, 2.24) is 15.3 Å². The Morgan fingerprint density at radius 3 is 3.12 bits per heavy atom. The van der Waals surface area contributed by atoms with Gasteiger partial charge in [-0.2, -0.15) is 4.98 Å².